The van der Waals surface area contributed by atoms with Gasteiger partial charge < -0.3 is 0 Å². The summed E-state index contributed by atoms with van der Waals surface area (Å²) in [5.41, 5.74) is 2.82. The van der Waals surface area contributed by atoms with E-state index < -0.39 is 0 Å². The van der Waals surface area contributed by atoms with Gasteiger partial charge in [0.05, 0.1) is 0 Å². The van der Waals surface area contributed by atoms with Crippen LogP contribution in [0.1, 0.15) is 64.7 Å². The summed E-state index contributed by atoms with van der Waals surface area (Å²) < 4.78 is 0. The van der Waals surface area contributed by atoms with Crippen molar-refractivity contribution in [2.24, 2.45) is 0 Å². The van der Waals surface area contributed by atoms with E-state index in [1.165, 1.54) is 51.4 Å². The standard InChI is InChI=1S/C15H26/c1-3-5-7-9-11-13-15-14-12-10-8-6-4-2/h5-6,8H,1,4,7,9-15H2,2H3. The molecular weight excluding hydrogens is 180 g/mol. The van der Waals surface area contributed by atoms with Gasteiger partial charge >= 0.3 is 0 Å². The highest BCUT2D eigenvalue weighted by Gasteiger charge is 1.89. The fourth-order valence-corrected chi connectivity index (χ4v) is 1.60. The van der Waals surface area contributed by atoms with E-state index in [-0.39, 0.29) is 0 Å². The van der Waals surface area contributed by atoms with Gasteiger partial charge in [-0.2, -0.15) is 0 Å². The van der Waals surface area contributed by atoms with Crippen molar-refractivity contribution in [2.45, 2.75) is 64.7 Å². The Balaban J connectivity index is 2.98. The van der Waals surface area contributed by atoms with Crippen LogP contribution in [-0.2, 0) is 0 Å². The summed E-state index contributed by atoms with van der Waals surface area (Å²) in [4.78, 5) is 0. The maximum Gasteiger partial charge on any atom is -0.0275 e. The molecule has 0 atom stereocenters. The molecule has 0 rings (SSSR count). The molecule has 0 aliphatic rings. The molecule has 0 aromatic rings. The number of rotatable bonds is 10. The van der Waals surface area contributed by atoms with E-state index in [1.807, 2.05) is 6.08 Å². The largest absolute Gasteiger partial charge is 0.133 e. The average molecular weight is 206 g/mol. The minimum absolute atomic E-state index is 1.16. The lowest BCUT2D eigenvalue weighted by Crippen LogP contribution is -1.79. The third-order valence-corrected chi connectivity index (χ3v) is 2.52. The maximum atomic E-state index is 3.56. The van der Waals surface area contributed by atoms with E-state index >= 15 is 0 Å². The third kappa shape index (κ3) is 13.3. The van der Waals surface area contributed by atoms with Crippen LogP contribution in [0.2, 0.25) is 0 Å². The second-order valence-corrected chi connectivity index (χ2v) is 3.99. The first-order chi connectivity index (χ1) is 7.41. The molecule has 0 spiro atoms. The summed E-state index contributed by atoms with van der Waals surface area (Å²) in [6.07, 6.45) is 18.4. The van der Waals surface area contributed by atoms with Crippen molar-refractivity contribution in [1.82, 2.24) is 0 Å². The Morgan fingerprint density at radius 1 is 0.867 bits per heavy atom. The van der Waals surface area contributed by atoms with Gasteiger partial charge in [-0.3, -0.25) is 0 Å². The van der Waals surface area contributed by atoms with Crippen LogP contribution in [0.15, 0.2) is 30.5 Å². The zero-order chi connectivity index (χ0) is 11.2. The smallest absolute Gasteiger partial charge is 0.0275 e. The van der Waals surface area contributed by atoms with Crippen LogP contribution >= 0.6 is 0 Å². The predicted molar refractivity (Wildman–Crippen MR) is 70.1 cm³/mol. The lowest BCUT2D eigenvalue weighted by molar-refractivity contribution is 0.600. The summed E-state index contributed by atoms with van der Waals surface area (Å²) >= 11 is 0. The topological polar surface area (TPSA) is 0 Å². The SMILES string of the molecule is C=C=CCCCCCCCCC=CCC. The molecular formula is C15H26. The van der Waals surface area contributed by atoms with Crippen LogP contribution in [0.5, 0.6) is 0 Å². The predicted octanol–water partition coefficient (Wildman–Crippen LogP) is 5.41. The number of unbranched alkanes of at least 4 members (excludes halogenated alkanes) is 7. The van der Waals surface area contributed by atoms with Crippen molar-refractivity contribution in [1.29, 1.82) is 0 Å². The van der Waals surface area contributed by atoms with Gasteiger partial charge in [-0.15, -0.1) is 5.73 Å². The van der Waals surface area contributed by atoms with Crippen molar-refractivity contribution in [3.63, 3.8) is 0 Å². The van der Waals surface area contributed by atoms with Gasteiger partial charge in [-0.1, -0.05) is 51.3 Å². The van der Waals surface area contributed by atoms with E-state index in [4.69, 9.17) is 0 Å². The Kier molecular flexibility index (Phi) is 12.6. The van der Waals surface area contributed by atoms with E-state index in [1.54, 1.807) is 0 Å². The molecule has 0 heterocycles. The highest BCUT2D eigenvalue weighted by atomic mass is 14.0. The summed E-state index contributed by atoms with van der Waals surface area (Å²) in [5, 5.41) is 0. The van der Waals surface area contributed by atoms with Gasteiger partial charge in [-0.25, -0.2) is 0 Å². The van der Waals surface area contributed by atoms with Crippen molar-refractivity contribution in [3.05, 3.63) is 30.5 Å². The number of hydrogen-bond acceptors (Lipinski definition) is 0. The minimum Gasteiger partial charge on any atom is -0.133 e. The molecule has 0 saturated carbocycles. The summed E-state index contributed by atoms with van der Waals surface area (Å²) in [5.74, 6) is 0. The lowest BCUT2D eigenvalue weighted by atomic mass is 10.1. The Hall–Kier alpha value is -0.740. The minimum atomic E-state index is 1.16. The van der Waals surface area contributed by atoms with Gasteiger partial charge in [0.25, 0.3) is 0 Å². The van der Waals surface area contributed by atoms with E-state index in [9.17, 15) is 0 Å². The molecule has 0 N–H and O–H groups in total. The molecule has 0 bridgehead atoms. The highest BCUT2D eigenvalue weighted by molar-refractivity contribution is 4.79. The fourth-order valence-electron chi connectivity index (χ4n) is 1.60. The molecule has 0 aliphatic heterocycles. The Labute approximate surface area is 95.8 Å². The molecule has 0 radical (unpaired) electrons. The molecule has 0 aromatic carbocycles. The van der Waals surface area contributed by atoms with Crippen molar-refractivity contribution >= 4 is 0 Å². The molecule has 0 nitrogen and oxygen atoms in total. The van der Waals surface area contributed by atoms with Gasteiger partial charge in [0.1, 0.15) is 0 Å². The zero-order valence-corrected chi connectivity index (χ0v) is 10.3. The van der Waals surface area contributed by atoms with Crippen LogP contribution in [0.3, 0.4) is 0 Å². The first-order valence-electron chi connectivity index (χ1n) is 6.41. The van der Waals surface area contributed by atoms with Crippen LogP contribution < -0.4 is 0 Å². The van der Waals surface area contributed by atoms with Crippen LogP contribution in [0.4, 0.5) is 0 Å². The molecule has 0 aliphatic carbocycles. The monoisotopic (exact) mass is 206 g/mol. The molecule has 15 heavy (non-hydrogen) atoms. The van der Waals surface area contributed by atoms with Gasteiger partial charge in [0.2, 0.25) is 0 Å². The lowest BCUT2D eigenvalue weighted by Gasteiger charge is -1.98. The van der Waals surface area contributed by atoms with Crippen molar-refractivity contribution in [3.8, 4) is 0 Å². The third-order valence-electron chi connectivity index (χ3n) is 2.52. The normalized spacial score (nSPS) is 10.5. The zero-order valence-electron chi connectivity index (χ0n) is 10.3. The summed E-state index contributed by atoms with van der Waals surface area (Å²) in [7, 11) is 0. The molecule has 0 aromatic heterocycles. The maximum absolute atomic E-state index is 3.56. The number of allylic oxidation sites excluding steroid dienone is 3. The Morgan fingerprint density at radius 2 is 1.47 bits per heavy atom. The molecule has 0 amide bonds. The Morgan fingerprint density at radius 3 is 2.07 bits per heavy atom. The van der Waals surface area contributed by atoms with E-state index in [2.05, 4.69) is 31.4 Å². The number of hydrogen-bond donors (Lipinski definition) is 0. The average Bonchev–Trinajstić information content (AvgIpc) is 2.26. The van der Waals surface area contributed by atoms with Crippen molar-refractivity contribution in [2.75, 3.05) is 0 Å². The summed E-state index contributed by atoms with van der Waals surface area (Å²) in [6, 6.07) is 0. The van der Waals surface area contributed by atoms with Crippen molar-refractivity contribution < 1.29 is 0 Å². The fraction of sp³-hybridized carbons (Fsp3) is 0.667. The van der Waals surface area contributed by atoms with E-state index in [0.29, 0.717) is 0 Å². The Bertz CT molecular complexity index is 182. The summed E-state index contributed by atoms with van der Waals surface area (Å²) in [6.45, 7) is 5.75. The quantitative estimate of drug-likeness (QED) is 0.254. The second-order valence-electron chi connectivity index (χ2n) is 3.99. The molecule has 0 fully saturated rings. The molecule has 0 heteroatoms. The van der Waals surface area contributed by atoms with Crippen LogP contribution in [-0.4, -0.2) is 0 Å². The molecule has 86 valence electrons. The highest BCUT2D eigenvalue weighted by Crippen LogP contribution is 2.09. The van der Waals surface area contributed by atoms with Gasteiger partial charge in [0.15, 0.2) is 0 Å². The second kappa shape index (κ2) is 13.3. The van der Waals surface area contributed by atoms with E-state index in [0.717, 1.165) is 6.42 Å². The van der Waals surface area contributed by atoms with Gasteiger partial charge in [0, 0.05) is 0 Å². The first kappa shape index (κ1) is 14.3. The first-order valence-corrected chi connectivity index (χ1v) is 6.41. The molecule has 0 saturated heterocycles. The van der Waals surface area contributed by atoms with Crippen LogP contribution in [0, 0.1) is 0 Å². The van der Waals surface area contributed by atoms with Crippen LogP contribution in [0.25, 0.3) is 0 Å². The molecule has 0 unspecified atom stereocenters. The van der Waals surface area contributed by atoms with Gasteiger partial charge in [-0.05, 0) is 38.2 Å².